The van der Waals surface area contributed by atoms with Gasteiger partial charge in [0.15, 0.2) is 0 Å². The average molecular weight is 199 g/mol. The monoisotopic (exact) mass is 199 g/mol. The van der Waals surface area contributed by atoms with E-state index in [0.29, 0.717) is 24.7 Å². The third kappa shape index (κ3) is 2.55. The van der Waals surface area contributed by atoms with Crippen molar-refractivity contribution in [1.29, 1.82) is 0 Å². The number of hydrogen-bond donors (Lipinski definition) is 1. The second kappa shape index (κ2) is 4.41. The van der Waals surface area contributed by atoms with Gasteiger partial charge in [-0.3, -0.25) is 9.69 Å². The van der Waals surface area contributed by atoms with Crippen LogP contribution >= 0.6 is 0 Å². The average Bonchev–Trinajstić information content (AvgIpc) is 2.18. The predicted octanol–water partition coefficient (Wildman–Crippen LogP) is 1.20. The van der Waals surface area contributed by atoms with Gasteiger partial charge in [0.1, 0.15) is 5.78 Å². The second-order valence-corrected chi connectivity index (χ2v) is 4.85. The molecule has 0 aromatic carbocycles. The van der Waals surface area contributed by atoms with Crippen LogP contribution < -0.4 is 0 Å². The van der Waals surface area contributed by atoms with Gasteiger partial charge in [-0.25, -0.2) is 0 Å². The summed E-state index contributed by atoms with van der Waals surface area (Å²) in [6, 6.07) is 0.454. The van der Waals surface area contributed by atoms with Crippen LogP contribution in [0.1, 0.15) is 39.5 Å². The maximum Gasteiger partial charge on any atom is 0.133 e. The molecule has 0 radical (unpaired) electrons. The number of aliphatic hydroxyl groups excluding tert-OH is 1. The summed E-state index contributed by atoms with van der Waals surface area (Å²) >= 11 is 0. The minimum atomic E-state index is -0.176. The van der Waals surface area contributed by atoms with Gasteiger partial charge in [0.05, 0.1) is 6.61 Å². The van der Waals surface area contributed by atoms with Crippen molar-refractivity contribution in [3.63, 3.8) is 0 Å². The number of Topliss-reactive ketones (excluding diaryl/α,β-unsaturated/α-hetero) is 1. The molecule has 0 spiro atoms. The van der Waals surface area contributed by atoms with Crippen molar-refractivity contribution in [2.45, 2.75) is 51.1 Å². The number of carbonyl (C=O) groups is 1. The molecule has 3 heteroatoms. The molecule has 3 nitrogen and oxygen atoms in total. The highest BCUT2D eigenvalue weighted by molar-refractivity contribution is 5.79. The third-order valence-electron chi connectivity index (χ3n) is 3.40. The van der Waals surface area contributed by atoms with Crippen molar-refractivity contribution in [1.82, 2.24) is 4.90 Å². The molecule has 0 saturated heterocycles. The van der Waals surface area contributed by atoms with E-state index in [1.165, 1.54) is 0 Å². The van der Waals surface area contributed by atoms with Gasteiger partial charge < -0.3 is 5.11 Å². The molecule has 0 unspecified atom stereocenters. The number of hydrogen-bond acceptors (Lipinski definition) is 3. The van der Waals surface area contributed by atoms with Gasteiger partial charge in [0.2, 0.25) is 0 Å². The lowest BCUT2D eigenvalue weighted by molar-refractivity contribution is -0.121. The van der Waals surface area contributed by atoms with Crippen LogP contribution in [0.4, 0.5) is 0 Å². The fourth-order valence-electron chi connectivity index (χ4n) is 1.92. The van der Waals surface area contributed by atoms with E-state index in [1.807, 2.05) is 20.9 Å². The number of likely N-dealkylation sites (N-methyl/N-ethyl adjacent to an activating group) is 1. The van der Waals surface area contributed by atoms with E-state index >= 15 is 0 Å². The molecule has 0 aromatic heterocycles. The fourth-order valence-corrected chi connectivity index (χ4v) is 1.92. The Balaban J connectivity index is 2.53. The van der Waals surface area contributed by atoms with E-state index in [0.717, 1.165) is 12.8 Å². The molecule has 0 aromatic rings. The Morgan fingerprint density at radius 3 is 2.36 bits per heavy atom. The Labute approximate surface area is 86.1 Å². The van der Waals surface area contributed by atoms with Crippen LogP contribution in [0, 0.1) is 0 Å². The van der Waals surface area contributed by atoms with Gasteiger partial charge in [-0.15, -0.1) is 0 Å². The summed E-state index contributed by atoms with van der Waals surface area (Å²) in [7, 11) is 2.04. The maximum atomic E-state index is 11.1. The molecule has 82 valence electrons. The number of ketones is 1. The Hall–Kier alpha value is -0.410. The Morgan fingerprint density at radius 2 is 1.93 bits per heavy atom. The SMILES string of the molecule is CN(C1CCC(=O)CC1)C(C)(C)CO. The summed E-state index contributed by atoms with van der Waals surface area (Å²) in [6.45, 7) is 4.22. The molecule has 0 bridgehead atoms. The summed E-state index contributed by atoms with van der Waals surface area (Å²) < 4.78 is 0. The number of rotatable bonds is 3. The highest BCUT2D eigenvalue weighted by Crippen LogP contribution is 2.25. The molecule has 1 rings (SSSR count). The normalized spacial score (nSPS) is 20.5. The first-order valence-corrected chi connectivity index (χ1v) is 5.33. The van der Waals surface area contributed by atoms with Crippen LogP contribution in [0.15, 0.2) is 0 Å². The molecule has 0 heterocycles. The quantitative estimate of drug-likeness (QED) is 0.742. The van der Waals surface area contributed by atoms with Crippen LogP contribution in [-0.2, 0) is 4.79 Å². The van der Waals surface area contributed by atoms with E-state index in [1.54, 1.807) is 0 Å². The molecular weight excluding hydrogens is 178 g/mol. The number of nitrogens with zero attached hydrogens (tertiary/aromatic N) is 1. The van der Waals surface area contributed by atoms with Crippen LogP contribution in [-0.4, -0.2) is 41.0 Å². The second-order valence-electron chi connectivity index (χ2n) is 4.85. The van der Waals surface area contributed by atoms with Crippen molar-refractivity contribution < 1.29 is 9.90 Å². The fraction of sp³-hybridized carbons (Fsp3) is 0.909. The van der Waals surface area contributed by atoms with Crippen molar-refractivity contribution in [2.24, 2.45) is 0 Å². The van der Waals surface area contributed by atoms with E-state index in [2.05, 4.69) is 4.90 Å². The summed E-state index contributed by atoms with van der Waals surface area (Å²) in [4.78, 5) is 13.3. The van der Waals surface area contributed by atoms with Crippen molar-refractivity contribution in [2.75, 3.05) is 13.7 Å². The molecule has 0 atom stereocenters. The maximum absolute atomic E-state index is 11.1. The molecule has 1 aliphatic carbocycles. The molecular formula is C11H21NO2. The van der Waals surface area contributed by atoms with Crippen molar-refractivity contribution in [3.05, 3.63) is 0 Å². The Bertz CT molecular complexity index is 203. The van der Waals surface area contributed by atoms with Gasteiger partial charge in [0.25, 0.3) is 0 Å². The first kappa shape index (κ1) is 11.7. The number of carbonyl (C=O) groups excluding carboxylic acids is 1. The Morgan fingerprint density at radius 1 is 1.43 bits per heavy atom. The molecule has 1 saturated carbocycles. The van der Waals surface area contributed by atoms with Gasteiger partial charge >= 0.3 is 0 Å². The van der Waals surface area contributed by atoms with Crippen LogP contribution in [0.25, 0.3) is 0 Å². The van der Waals surface area contributed by atoms with Gasteiger partial charge in [-0.05, 0) is 33.7 Å². The molecule has 1 aliphatic rings. The van der Waals surface area contributed by atoms with E-state index in [-0.39, 0.29) is 12.1 Å². The van der Waals surface area contributed by atoms with E-state index in [9.17, 15) is 9.90 Å². The zero-order chi connectivity index (χ0) is 10.8. The first-order chi connectivity index (χ1) is 6.47. The lowest BCUT2D eigenvalue weighted by Crippen LogP contribution is -2.50. The van der Waals surface area contributed by atoms with Crippen LogP contribution in [0.5, 0.6) is 0 Å². The molecule has 0 amide bonds. The van der Waals surface area contributed by atoms with E-state index in [4.69, 9.17) is 0 Å². The van der Waals surface area contributed by atoms with Crippen molar-refractivity contribution >= 4 is 5.78 Å². The summed E-state index contributed by atoms with van der Waals surface area (Å²) in [5.41, 5.74) is -0.176. The minimum Gasteiger partial charge on any atom is -0.394 e. The third-order valence-corrected chi connectivity index (χ3v) is 3.40. The lowest BCUT2D eigenvalue weighted by atomic mass is 9.90. The first-order valence-electron chi connectivity index (χ1n) is 5.33. The summed E-state index contributed by atoms with van der Waals surface area (Å²) in [6.07, 6.45) is 3.30. The molecule has 14 heavy (non-hydrogen) atoms. The van der Waals surface area contributed by atoms with Crippen molar-refractivity contribution in [3.8, 4) is 0 Å². The summed E-state index contributed by atoms with van der Waals surface area (Å²) in [5, 5.41) is 9.24. The van der Waals surface area contributed by atoms with Gasteiger partial charge in [-0.2, -0.15) is 0 Å². The molecule has 1 fully saturated rings. The number of aliphatic hydroxyl groups is 1. The van der Waals surface area contributed by atoms with Crippen LogP contribution in [0.3, 0.4) is 0 Å². The topological polar surface area (TPSA) is 40.5 Å². The van der Waals surface area contributed by atoms with Gasteiger partial charge in [0, 0.05) is 24.4 Å². The predicted molar refractivity (Wildman–Crippen MR) is 56.2 cm³/mol. The molecule has 0 aliphatic heterocycles. The smallest absolute Gasteiger partial charge is 0.133 e. The lowest BCUT2D eigenvalue weighted by Gasteiger charge is -2.41. The zero-order valence-electron chi connectivity index (χ0n) is 9.42. The largest absolute Gasteiger partial charge is 0.394 e. The highest BCUT2D eigenvalue weighted by Gasteiger charge is 2.31. The minimum absolute atomic E-state index is 0.161. The highest BCUT2D eigenvalue weighted by atomic mass is 16.3. The summed E-state index contributed by atoms with van der Waals surface area (Å²) in [5.74, 6) is 0.386. The van der Waals surface area contributed by atoms with E-state index < -0.39 is 0 Å². The van der Waals surface area contributed by atoms with Crippen LogP contribution in [0.2, 0.25) is 0 Å². The van der Waals surface area contributed by atoms with Gasteiger partial charge in [-0.1, -0.05) is 0 Å². The molecule has 1 N–H and O–H groups in total. The Kier molecular flexibility index (Phi) is 3.67. The zero-order valence-corrected chi connectivity index (χ0v) is 9.42. The standard InChI is InChI=1S/C11H21NO2/c1-11(2,8-13)12(3)9-4-6-10(14)7-5-9/h9,13H,4-8H2,1-3H3.